The molecule has 0 bridgehead atoms. The molecule has 0 heterocycles. The van der Waals surface area contributed by atoms with E-state index in [9.17, 15) is 9.59 Å². The van der Waals surface area contributed by atoms with Gasteiger partial charge in [0, 0.05) is 13.0 Å². The molecule has 0 aromatic heterocycles. The lowest BCUT2D eigenvalue weighted by Crippen LogP contribution is -2.47. The number of nitrogens with one attached hydrogen (secondary N) is 2. The van der Waals surface area contributed by atoms with Crippen molar-refractivity contribution in [3.8, 4) is 12.3 Å². The van der Waals surface area contributed by atoms with Crippen LogP contribution in [0.4, 0.5) is 4.79 Å². The molecule has 0 aliphatic rings. The Hall–Kier alpha value is -1.70. The Kier molecular flexibility index (Phi) is 8.46. The number of aliphatic carboxylic acids is 1. The molecule has 1 unspecified atom stereocenters. The molecule has 0 saturated heterocycles. The number of carboxylic acid groups (broad SMARTS) is 1. The molecule has 20 heavy (non-hydrogen) atoms. The standard InChI is InChI=1S/C15H26N2O3/c1-5-7-8-10-15(3,4)11-16-14(20)17-12(9-6-2)13(18)19/h2,12H,5,7-11H2,1,3-4H3,(H,18,19)(H2,16,17,20). The summed E-state index contributed by atoms with van der Waals surface area (Å²) in [6, 6.07) is -1.53. The van der Waals surface area contributed by atoms with Gasteiger partial charge in [-0.3, -0.25) is 0 Å². The molecule has 1 atom stereocenters. The normalized spacial score (nSPS) is 12.3. The SMILES string of the molecule is C#CCC(NC(=O)NCC(C)(C)CCCCC)C(=O)O. The molecule has 0 spiro atoms. The molecule has 0 aromatic carbocycles. The molecule has 5 heteroatoms. The summed E-state index contributed by atoms with van der Waals surface area (Å²) in [7, 11) is 0. The van der Waals surface area contributed by atoms with E-state index in [1.54, 1.807) is 0 Å². The number of rotatable bonds is 9. The van der Waals surface area contributed by atoms with Crippen LogP contribution in [0.2, 0.25) is 0 Å². The average Bonchev–Trinajstić information content (AvgIpc) is 2.36. The molecule has 2 amide bonds. The Labute approximate surface area is 121 Å². The van der Waals surface area contributed by atoms with Gasteiger partial charge in [-0.1, -0.05) is 40.0 Å². The van der Waals surface area contributed by atoms with Crippen molar-refractivity contribution < 1.29 is 14.7 Å². The maximum absolute atomic E-state index is 11.7. The first-order valence-electron chi connectivity index (χ1n) is 7.03. The third-order valence-corrected chi connectivity index (χ3v) is 3.11. The topological polar surface area (TPSA) is 78.4 Å². The smallest absolute Gasteiger partial charge is 0.327 e. The fraction of sp³-hybridized carbons (Fsp3) is 0.733. The Bertz CT molecular complexity index is 359. The average molecular weight is 282 g/mol. The van der Waals surface area contributed by atoms with E-state index in [2.05, 4.69) is 37.3 Å². The zero-order valence-corrected chi connectivity index (χ0v) is 12.7. The van der Waals surface area contributed by atoms with Gasteiger partial charge in [-0.05, 0) is 11.8 Å². The highest BCUT2D eigenvalue weighted by molar-refractivity contribution is 5.82. The van der Waals surface area contributed by atoms with E-state index < -0.39 is 18.0 Å². The highest BCUT2D eigenvalue weighted by Crippen LogP contribution is 2.22. The number of hydrogen-bond acceptors (Lipinski definition) is 2. The van der Waals surface area contributed by atoms with Crippen molar-refractivity contribution >= 4 is 12.0 Å². The summed E-state index contributed by atoms with van der Waals surface area (Å²) in [6.07, 6.45) is 9.53. The second-order valence-electron chi connectivity index (χ2n) is 5.75. The Morgan fingerprint density at radius 1 is 1.35 bits per heavy atom. The zero-order chi connectivity index (χ0) is 15.6. The molecule has 0 radical (unpaired) electrons. The van der Waals surface area contributed by atoms with Crippen molar-refractivity contribution in [1.82, 2.24) is 10.6 Å². The van der Waals surface area contributed by atoms with Crippen LogP contribution < -0.4 is 10.6 Å². The number of terminal acetylenes is 1. The molecule has 5 nitrogen and oxygen atoms in total. The van der Waals surface area contributed by atoms with E-state index in [-0.39, 0.29) is 11.8 Å². The quantitative estimate of drug-likeness (QED) is 0.449. The molecule has 0 aromatic rings. The minimum atomic E-state index is -1.12. The molecule has 0 fully saturated rings. The van der Waals surface area contributed by atoms with E-state index >= 15 is 0 Å². The minimum Gasteiger partial charge on any atom is -0.480 e. The third-order valence-electron chi connectivity index (χ3n) is 3.11. The molecule has 0 aliphatic carbocycles. The summed E-state index contributed by atoms with van der Waals surface area (Å²) in [6.45, 7) is 6.82. The fourth-order valence-electron chi connectivity index (χ4n) is 1.79. The maximum Gasteiger partial charge on any atom is 0.327 e. The second-order valence-corrected chi connectivity index (χ2v) is 5.75. The first kappa shape index (κ1) is 18.3. The number of carboxylic acids is 1. The fourth-order valence-corrected chi connectivity index (χ4v) is 1.79. The number of carbonyl (C=O) groups is 2. The predicted molar refractivity (Wildman–Crippen MR) is 79.3 cm³/mol. The first-order chi connectivity index (χ1) is 9.32. The number of amides is 2. The van der Waals surface area contributed by atoms with Crippen LogP contribution >= 0.6 is 0 Å². The zero-order valence-electron chi connectivity index (χ0n) is 12.7. The summed E-state index contributed by atoms with van der Waals surface area (Å²) in [5, 5.41) is 14.0. The van der Waals surface area contributed by atoms with Crippen LogP contribution in [0.15, 0.2) is 0 Å². The second kappa shape index (κ2) is 9.24. The van der Waals surface area contributed by atoms with Gasteiger partial charge in [0.1, 0.15) is 6.04 Å². The van der Waals surface area contributed by atoms with Crippen LogP contribution in [0.25, 0.3) is 0 Å². The van der Waals surface area contributed by atoms with E-state index in [0.717, 1.165) is 19.3 Å². The van der Waals surface area contributed by atoms with Crippen molar-refractivity contribution in [3.05, 3.63) is 0 Å². The lowest BCUT2D eigenvalue weighted by atomic mass is 9.87. The van der Waals surface area contributed by atoms with E-state index in [1.807, 2.05) is 0 Å². The monoisotopic (exact) mass is 282 g/mol. The van der Waals surface area contributed by atoms with Gasteiger partial charge in [0.2, 0.25) is 0 Å². The van der Waals surface area contributed by atoms with Crippen molar-refractivity contribution in [3.63, 3.8) is 0 Å². The number of urea groups is 1. The molecule has 0 saturated carbocycles. The number of unbranched alkanes of at least 4 members (excludes halogenated alkanes) is 2. The van der Waals surface area contributed by atoms with Crippen LogP contribution in [0.1, 0.15) is 52.9 Å². The number of carbonyl (C=O) groups excluding carboxylic acids is 1. The number of hydrogen-bond donors (Lipinski definition) is 3. The highest BCUT2D eigenvalue weighted by atomic mass is 16.4. The van der Waals surface area contributed by atoms with Crippen LogP contribution in [0.3, 0.4) is 0 Å². The van der Waals surface area contributed by atoms with E-state index in [4.69, 9.17) is 11.5 Å². The van der Waals surface area contributed by atoms with Gasteiger partial charge < -0.3 is 15.7 Å². The summed E-state index contributed by atoms with van der Waals surface area (Å²) < 4.78 is 0. The van der Waals surface area contributed by atoms with Gasteiger partial charge in [-0.2, -0.15) is 0 Å². The Morgan fingerprint density at radius 2 is 2.00 bits per heavy atom. The molecule has 0 aliphatic heterocycles. The Morgan fingerprint density at radius 3 is 2.50 bits per heavy atom. The minimum absolute atomic E-state index is 0.00263. The van der Waals surface area contributed by atoms with Gasteiger partial charge >= 0.3 is 12.0 Å². The molecule has 0 rings (SSSR count). The summed E-state index contributed by atoms with van der Waals surface area (Å²) in [5.41, 5.74) is -0.00263. The molecule has 3 N–H and O–H groups in total. The summed E-state index contributed by atoms with van der Waals surface area (Å²) in [4.78, 5) is 22.5. The van der Waals surface area contributed by atoms with Crippen LogP contribution in [0, 0.1) is 17.8 Å². The highest BCUT2D eigenvalue weighted by Gasteiger charge is 2.21. The van der Waals surface area contributed by atoms with Crippen LogP contribution in [0.5, 0.6) is 0 Å². The van der Waals surface area contributed by atoms with Gasteiger partial charge in [0.15, 0.2) is 0 Å². The van der Waals surface area contributed by atoms with Gasteiger partial charge in [-0.25, -0.2) is 9.59 Å². The predicted octanol–water partition coefficient (Wildman–Crippen LogP) is 2.37. The lowest BCUT2D eigenvalue weighted by molar-refractivity contribution is -0.139. The maximum atomic E-state index is 11.7. The molecular weight excluding hydrogens is 256 g/mol. The molecular formula is C15H26N2O3. The van der Waals surface area contributed by atoms with Crippen LogP contribution in [-0.4, -0.2) is 29.7 Å². The lowest BCUT2D eigenvalue weighted by Gasteiger charge is -2.25. The van der Waals surface area contributed by atoms with Gasteiger partial charge in [0.05, 0.1) is 0 Å². The third kappa shape index (κ3) is 8.41. The van der Waals surface area contributed by atoms with Crippen molar-refractivity contribution in [2.45, 2.75) is 58.9 Å². The van der Waals surface area contributed by atoms with Gasteiger partial charge in [0.25, 0.3) is 0 Å². The van der Waals surface area contributed by atoms with Gasteiger partial charge in [-0.15, -0.1) is 12.3 Å². The van der Waals surface area contributed by atoms with Crippen molar-refractivity contribution in [1.29, 1.82) is 0 Å². The first-order valence-corrected chi connectivity index (χ1v) is 7.03. The molecule has 114 valence electrons. The largest absolute Gasteiger partial charge is 0.480 e. The Balaban J connectivity index is 4.14. The van der Waals surface area contributed by atoms with E-state index in [1.165, 1.54) is 6.42 Å². The van der Waals surface area contributed by atoms with Crippen molar-refractivity contribution in [2.24, 2.45) is 5.41 Å². The summed E-state index contributed by atoms with van der Waals surface area (Å²) >= 11 is 0. The summed E-state index contributed by atoms with van der Waals surface area (Å²) in [5.74, 6) is 1.11. The van der Waals surface area contributed by atoms with E-state index in [0.29, 0.717) is 6.54 Å². The van der Waals surface area contributed by atoms with Crippen LogP contribution in [-0.2, 0) is 4.79 Å². The van der Waals surface area contributed by atoms with Crippen molar-refractivity contribution in [2.75, 3.05) is 6.54 Å².